The second-order valence-corrected chi connectivity index (χ2v) is 6.36. The van der Waals surface area contributed by atoms with Crippen molar-refractivity contribution in [2.24, 2.45) is 0 Å². The lowest BCUT2D eigenvalue weighted by molar-refractivity contribution is -0.136. The van der Waals surface area contributed by atoms with Gasteiger partial charge in [0, 0.05) is 51.4 Å². The van der Waals surface area contributed by atoms with E-state index in [1.165, 1.54) is 5.56 Å². The number of hydrogen-bond donors (Lipinski definition) is 0. The van der Waals surface area contributed by atoms with Crippen LogP contribution in [0.3, 0.4) is 0 Å². The van der Waals surface area contributed by atoms with Crippen molar-refractivity contribution in [2.45, 2.75) is 6.54 Å². The van der Waals surface area contributed by atoms with Crippen LogP contribution in [0, 0.1) is 0 Å². The first-order chi connectivity index (χ1) is 11.8. The van der Waals surface area contributed by atoms with E-state index in [9.17, 15) is 4.79 Å². The number of para-hydroxylation sites is 1. The highest BCUT2D eigenvalue weighted by Crippen LogP contribution is 2.19. The van der Waals surface area contributed by atoms with E-state index < -0.39 is 0 Å². The number of morpholine rings is 1. The van der Waals surface area contributed by atoms with Crippen molar-refractivity contribution >= 4 is 5.91 Å². The van der Waals surface area contributed by atoms with Crippen LogP contribution in [0.2, 0.25) is 0 Å². The molecule has 2 fully saturated rings. The molecule has 0 N–H and O–H groups in total. The van der Waals surface area contributed by atoms with Crippen LogP contribution in [-0.2, 0) is 16.1 Å². The maximum absolute atomic E-state index is 12.3. The Labute approximate surface area is 143 Å². The van der Waals surface area contributed by atoms with Crippen LogP contribution in [0.25, 0.3) is 0 Å². The molecule has 24 heavy (non-hydrogen) atoms. The Kier molecular flexibility index (Phi) is 6.07. The first-order valence-electron chi connectivity index (χ1n) is 8.68. The number of benzene rings is 1. The lowest BCUT2D eigenvalue weighted by Gasteiger charge is -2.36. The van der Waals surface area contributed by atoms with Gasteiger partial charge < -0.3 is 14.4 Å². The molecule has 2 aliphatic heterocycles. The van der Waals surface area contributed by atoms with Gasteiger partial charge in [0.25, 0.3) is 0 Å². The maximum atomic E-state index is 12.3. The van der Waals surface area contributed by atoms with Crippen LogP contribution >= 0.6 is 0 Å². The van der Waals surface area contributed by atoms with Gasteiger partial charge in [-0.05, 0) is 6.07 Å². The summed E-state index contributed by atoms with van der Waals surface area (Å²) in [6, 6.07) is 8.17. The Morgan fingerprint density at radius 3 is 2.42 bits per heavy atom. The van der Waals surface area contributed by atoms with Gasteiger partial charge in [0.1, 0.15) is 5.75 Å². The van der Waals surface area contributed by atoms with E-state index in [0.717, 1.165) is 51.6 Å². The molecular weight excluding hydrogens is 306 g/mol. The highest BCUT2D eigenvalue weighted by Gasteiger charge is 2.23. The number of methoxy groups -OCH3 is 1. The fraction of sp³-hybridized carbons (Fsp3) is 0.611. The zero-order valence-electron chi connectivity index (χ0n) is 14.4. The van der Waals surface area contributed by atoms with E-state index in [2.05, 4.69) is 21.9 Å². The monoisotopic (exact) mass is 333 g/mol. The molecule has 0 radical (unpaired) electrons. The summed E-state index contributed by atoms with van der Waals surface area (Å²) in [5.74, 6) is 1.18. The van der Waals surface area contributed by atoms with E-state index in [0.29, 0.717) is 19.8 Å². The van der Waals surface area contributed by atoms with Gasteiger partial charge in [0.15, 0.2) is 0 Å². The maximum Gasteiger partial charge on any atom is 0.236 e. The zero-order valence-corrected chi connectivity index (χ0v) is 14.4. The van der Waals surface area contributed by atoms with Gasteiger partial charge >= 0.3 is 0 Å². The molecular formula is C18H27N3O3. The number of rotatable bonds is 5. The number of carbonyl (C=O) groups is 1. The third-order valence-corrected chi connectivity index (χ3v) is 4.77. The third kappa shape index (κ3) is 4.47. The quantitative estimate of drug-likeness (QED) is 0.793. The van der Waals surface area contributed by atoms with Crippen LogP contribution in [-0.4, -0.2) is 86.7 Å². The van der Waals surface area contributed by atoms with Gasteiger partial charge in [-0.2, -0.15) is 0 Å². The Balaban J connectivity index is 1.44. The van der Waals surface area contributed by atoms with Gasteiger partial charge in [-0.25, -0.2) is 0 Å². The SMILES string of the molecule is COc1ccccc1CN1CCN(CC(=O)N2CCOCC2)CC1. The number of piperazine rings is 1. The first-order valence-corrected chi connectivity index (χ1v) is 8.68. The largest absolute Gasteiger partial charge is 0.496 e. The molecule has 6 heteroatoms. The van der Waals surface area contributed by atoms with Crippen molar-refractivity contribution in [1.82, 2.24) is 14.7 Å². The van der Waals surface area contributed by atoms with Crippen molar-refractivity contribution in [3.8, 4) is 5.75 Å². The van der Waals surface area contributed by atoms with Crippen LogP contribution in [0.15, 0.2) is 24.3 Å². The normalized spacial score (nSPS) is 20.1. The Hall–Kier alpha value is -1.63. The smallest absolute Gasteiger partial charge is 0.236 e. The van der Waals surface area contributed by atoms with E-state index >= 15 is 0 Å². The Morgan fingerprint density at radius 1 is 1.04 bits per heavy atom. The highest BCUT2D eigenvalue weighted by molar-refractivity contribution is 5.78. The third-order valence-electron chi connectivity index (χ3n) is 4.77. The molecule has 3 rings (SSSR count). The molecule has 1 amide bonds. The Morgan fingerprint density at radius 2 is 1.71 bits per heavy atom. The van der Waals surface area contributed by atoms with Crippen molar-refractivity contribution in [2.75, 3.05) is 66.1 Å². The number of nitrogens with zero attached hydrogens (tertiary/aromatic N) is 3. The van der Waals surface area contributed by atoms with Gasteiger partial charge in [-0.3, -0.25) is 14.6 Å². The minimum Gasteiger partial charge on any atom is -0.496 e. The average Bonchev–Trinajstić information content (AvgIpc) is 2.64. The van der Waals surface area contributed by atoms with Gasteiger partial charge in [0.05, 0.1) is 26.9 Å². The minimum atomic E-state index is 0.233. The predicted octanol–water partition coefficient (Wildman–Crippen LogP) is 0.672. The van der Waals surface area contributed by atoms with Crippen molar-refractivity contribution in [1.29, 1.82) is 0 Å². The number of ether oxygens (including phenoxy) is 2. The van der Waals surface area contributed by atoms with E-state index in [1.807, 2.05) is 17.0 Å². The topological polar surface area (TPSA) is 45.2 Å². The summed E-state index contributed by atoms with van der Waals surface area (Å²) in [4.78, 5) is 18.9. The molecule has 132 valence electrons. The lowest BCUT2D eigenvalue weighted by Crippen LogP contribution is -2.51. The van der Waals surface area contributed by atoms with E-state index in [4.69, 9.17) is 9.47 Å². The van der Waals surface area contributed by atoms with E-state index in [-0.39, 0.29) is 5.91 Å². The molecule has 2 saturated heterocycles. The Bertz CT molecular complexity index is 538. The van der Waals surface area contributed by atoms with Crippen LogP contribution in [0.5, 0.6) is 5.75 Å². The fourth-order valence-electron chi connectivity index (χ4n) is 3.28. The molecule has 0 bridgehead atoms. The van der Waals surface area contributed by atoms with Crippen molar-refractivity contribution in [3.05, 3.63) is 29.8 Å². The summed E-state index contributed by atoms with van der Waals surface area (Å²) in [5, 5.41) is 0. The minimum absolute atomic E-state index is 0.233. The molecule has 0 atom stereocenters. The number of hydrogen-bond acceptors (Lipinski definition) is 5. The molecule has 0 unspecified atom stereocenters. The van der Waals surface area contributed by atoms with Gasteiger partial charge in [-0.1, -0.05) is 18.2 Å². The average molecular weight is 333 g/mol. The van der Waals surface area contributed by atoms with Crippen molar-refractivity contribution < 1.29 is 14.3 Å². The summed E-state index contributed by atoms with van der Waals surface area (Å²) < 4.78 is 10.7. The molecule has 6 nitrogen and oxygen atoms in total. The molecule has 2 heterocycles. The highest BCUT2D eigenvalue weighted by atomic mass is 16.5. The second-order valence-electron chi connectivity index (χ2n) is 6.36. The molecule has 1 aromatic carbocycles. The first kappa shape index (κ1) is 17.2. The van der Waals surface area contributed by atoms with Gasteiger partial charge in [-0.15, -0.1) is 0 Å². The molecule has 0 aromatic heterocycles. The summed E-state index contributed by atoms with van der Waals surface area (Å²) in [6.07, 6.45) is 0. The number of amides is 1. The number of carbonyl (C=O) groups excluding carboxylic acids is 1. The molecule has 0 saturated carbocycles. The van der Waals surface area contributed by atoms with Crippen LogP contribution in [0.4, 0.5) is 0 Å². The van der Waals surface area contributed by atoms with E-state index in [1.54, 1.807) is 7.11 Å². The standard InChI is InChI=1S/C18H27N3O3/c1-23-17-5-3-2-4-16(17)14-19-6-8-20(9-7-19)15-18(22)21-10-12-24-13-11-21/h2-5H,6-15H2,1H3. The summed E-state index contributed by atoms with van der Waals surface area (Å²) in [7, 11) is 1.72. The predicted molar refractivity (Wildman–Crippen MR) is 92.1 cm³/mol. The lowest BCUT2D eigenvalue weighted by atomic mass is 10.1. The molecule has 0 spiro atoms. The molecule has 0 aliphatic carbocycles. The summed E-state index contributed by atoms with van der Waals surface area (Å²) in [5.41, 5.74) is 1.22. The van der Waals surface area contributed by atoms with Gasteiger partial charge in [0.2, 0.25) is 5.91 Å². The van der Waals surface area contributed by atoms with Crippen LogP contribution in [0.1, 0.15) is 5.56 Å². The molecule has 1 aromatic rings. The van der Waals surface area contributed by atoms with Crippen LogP contribution < -0.4 is 4.74 Å². The fourth-order valence-corrected chi connectivity index (χ4v) is 3.28. The summed E-state index contributed by atoms with van der Waals surface area (Å²) in [6.45, 7) is 8.05. The zero-order chi connectivity index (χ0) is 16.8. The molecule has 2 aliphatic rings. The summed E-state index contributed by atoms with van der Waals surface area (Å²) >= 11 is 0. The van der Waals surface area contributed by atoms with Crippen molar-refractivity contribution in [3.63, 3.8) is 0 Å². The second kappa shape index (κ2) is 8.46.